The van der Waals surface area contributed by atoms with Gasteiger partial charge in [0.15, 0.2) is 0 Å². The van der Waals surface area contributed by atoms with Crippen LogP contribution in [-0.4, -0.2) is 50.8 Å². The predicted molar refractivity (Wildman–Crippen MR) is 77.4 cm³/mol. The van der Waals surface area contributed by atoms with E-state index in [1.807, 2.05) is 27.7 Å². The van der Waals surface area contributed by atoms with Gasteiger partial charge >= 0.3 is 0 Å². The molecular weight excluding hydrogens is 288 g/mol. The summed E-state index contributed by atoms with van der Waals surface area (Å²) in [6.07, 6.45) is 3.21. The number of hydrogen-bond donors (Lipinski definition) is 0. The van der Waals surface area contributed by atoms with Crippen molar-refractivity contribution in [3.8, 4) is 0 Å². The van der Waals surface area contributed by atoms with Gasteiger partial charge in [0.05, 0.1) is 12.5 Å². The molecule has 0 unspecified atom stereocenters. The van der Waals surface area contributed by atoms with E-state index >= 15 is 0 Å². The van der Waals surface area contributed by atoms with Gasteiger partial charge in [-0.25, -0.2) is 16.8 Å². The van der Waals surface area contributed by atoms with E-state index < -0.39 is 20.0 Å². The van der Waals surface area contributed by atoms with Crippen molar-refractivity contribution < 1.29 is 16.8 Å². The molecule has 0 saturated carbocycles. The maximum Gasteiger partial charge on any atom is 0.225 e. The van der Waals surface area contributed by atoms with Crippen LogP contribution in [0.4, 0.5) is 0 Å². The minimum Gasteiger partial charge on any atom is -0.211 e. The third kappa shape index (κ3) is 5.76. The van der Waals surface area contributed by atoms with Crippen LogP contribution in [0.2, 0.25) is 0 Å². The van der Waals surface area contributed by atoms with Crippen LogP contribution in [0.3, 0.4) is 0 Å². The van der Waals surface area contributed by atoms with E-state index in [1.54, 1.807) is 0 Å². The van der Waals surface area contributed by atoms with Crippen LogP contribution in [0.5, 0.6) is 0 Å². The van der Waals surface area contributed by atoms with Gasteiger partial charge in [0, 0.05) is 12.6 Å². The molecule has 6 nitrogen and oxygen atoms in total. The largest absolute Gasteiger partial charge is 0.225 e. The highest BCUT2D eigenvalue weighted by Crippen LogP contribution is 2.20. The number of hydrazine groups is 1. The summed E-state index contributed by atoms with van der Waals surface area (Å²) in [4.78, 5) is 0. The highest BCUT2D eigenvalue weighted by atomic mass is 32.2. The Balaban J connectivity index is 5.77. The summed E-state index contributed by atoms with van der Waals surface area (Å²) < 4.78 is 49.8. The number of nitrogens with zero attached hydrogens (tertiary/aromatic N) is 2. The molecule has 0 aliphatic heterocycles. The van der Waals surface area contributed by atoms with Gasteiger partial charge in [-0.15, -0.1) is 8.83 Å². The van der Waals surface area contributed by atoms with Gasteiger partial charge in [-0.05, 0) is 18.8 Å². The van der Waals surface area contributed by atoms with E-state index in [-0.39, 0.29) is 18.5 Å². The van der Waals surface area contributed by atoms with Crippen molar-refractivity contribution in [1.82, 2.24) is 8.83 Å². The summed E-state index contributed by atoms with van der Waals surface area (Å²) in [7, 11) is -7.26. The third-order valence-electron chi connectivity index (χ3n) is 2.72. The Morgan fingerprint density at radius 3 is 1.53 bits per heavy atom. The van der Waals surface area contributed by atoms with Crippen molar-refractivity contribution in [2.24, 2.45) is 5.92 Å². The van der Waals surface area contributed by atoms with Gasteiger partial charge in [0.1, 0.15) is 0 Å². The van der Waals surface area contributed by atoms with Gasteiger partial charge in [0.2, 0.25) is 20.0 Å². The molecule has 0 saturated heterocycles. The van der Waals surface area contributed by atoms with Crippen molar-refractivity contribution in [2.75, 3.05) is 19.1 Å². The van der Waals surface area contributed by atoms with Crippen LogP contribution in [-0.2, 0) is 20.0 Å². The fraction of sp³-hybridized carbons (Fsp3) is 1.00. The zero-order chi connectivity index (χ0) is 15.4. The summed E-state index contributed by atoms with van der Waals surface area (Å²) in [5.74, 6) is 0.0355. The fourth-order valence-electron chi connectivity index (χ4n) is 1.89. The van der Waals surface area contributed by atoms with Crippen LogP contribution in [0, 0.1) is 5.92 Å². The van der Waals surface area contributed by atoms with Gasteiger partial charge < -0.3 is 0 Å². The van der Waals surface area contributed by atoms with Crippen molar-refractivity contribution >= 4 is 20.0 Å². The number of hydrogen-bond acceptors (Lipinski definition) is 4. The minimum absolute atomic E-state index is 0.0355. The lowest BCUT2D eigenvalue weighted by atomic mass is 10.2. The Morgan fingerprint density at radius 1 is 0.895 bits per heavy atom. The molecular formula is C11H26N2O4S2. The lowest BCUT2D eigenvalue weighted by Crippen LogP contribution is -2.54. The number of rotatable bonds is 8. The molecule has 0 radical (unpaired) electrons. The number of sulfonamides is 2. The second kappa shape index (κ2) is 7.01. The molecule has 0 aliphatic rings. The van der Waals surface area contributed by atoms with E-state index in [0.717, 1.165) is 21.3 Å². The van der Waals surface area contributed by atoms with Gasteiger partial charge in [-0.3, -0.25) is 0 Å². The second-order valence-corrected chi connectivity index (χ2v) is 8.90. The second-order valence-electron chi connectivity index (χ2n) is 5.17. The molecule has 0 aliphatic carbocycles. The van der Waals surface area contributed by atoms with Crippen molar-refractivity contribution in [3.05, 3.63) is 0 Å². The first-order valence-electron chi connectivity index (χ1n) is 6.42. The smallest absolute Gasteiger partial charge is 0.211 e. The Bertz CT molecular complexity index is 467. The van der Waals surface area contributed by atoms with Crippen molar-refractivity contribution in [1.29, 1.82) is 0 Å². The van der Waals surface area contributed by atoms with Crippen molar-refractivity contribution in [3.63, 3.8) is 0 Å². The first-order chi connectivity index (χ1) is 8.45. The van der Waals surface area contributed by atoms with Crippen LogP contribution in [0.25, 0.3) is 0 Å². The summed E-state index contributed by atoms with van der Waals surface area (Å²) in [6, 6.07) is -0.344. The first kappa shape index (κ1) is 18.8. The molecule has 0 amide bonds. The quantitative estimate of drug-likeness (QED) is 0.632. The highest BCUT2D eigenvalue weighted by Gasteiger charge is 2.36. The SMILES string of the molecule is CCC(CC)N(N(CC(C)C)S(C)(=O)=O)S(C)(=O)=O. The normalized spacial score (nSPS) is 14.0. The molecule has 8 heteroatoms. The van der Waals surface area contributed by atoms with E-state index in [4.69, 9.17) is 0 Å². The molecule has 0 fully saturated rings. The van der Waals surface area contributed by atoms with Crippen LogP contribution in [0.1, 0.15) is 40.5 Å². The fourth-order valence-corrected chi connectivity index (χ4v) is 4.85. The minimum atomic E-state index is -3.64. The molecule has 0 atom stereocenters. The Kier molecular flexibility index (Phi) is 6.94. The third-order valence-corrected chi connectivity index (χ3v) is 5.09. The average Bonchev–Trinajstić information content (AvgIpc) is 2.19. The van der Waals surface area contributed by atoms with Gasteiger partial charge in [-0.1, -0.05) is 27.7 Å². The molecule has 0 spiro atoms. The zero-order valence-corrected chi connectivity index (χ0v) is 14.3. The molecule has 0 heterocycles. The zero-order valence-electron chi connectivity index (χ0n) is 12.6. The Morgan fingerprint density at radius 2 is 1.32 bits per heavy atom. The summed E-state index contributed by atoms with van der Waals surface area (Å²) in [5.41, 5.74) is 0. The van der Waals surface area contributed by atoms with Crippen LogP contribution in [0.15, 0.2) is 0 Å². The molecule has 0 bridgehead atoms. The highest BCUT2D eigenvalue weighted by molar-refractivity contribution is 7.91. The summed E-state index contributed by atoms with van der Waals surface area (Å²) in [5, 5.41) is 0. The van der Waals surface area contributed by atoms with E-state index in [0.29, 0.717) is 12.8 Å². The van der Waals surface area contributed by atoms with Crippen LogP contribution >= 0.6 is 0 Å². The van der Waals surface area contributed by atoms with E-state index in [2.05, 4.69) is 0 Å². The maximum atomic E-state index is 12.0. The van der Waals surface area contributed by atoms with Crippen molar-refractivity contribution in [2.45, 2.75) is 46.6 Å². The van der Waals surface area contributed by atoms with Gasteiger partial charge in [-0.2, -0.15) is 0 Å². The lowest BCUT2D eigenvalue weighted by Gasteiger charge is -2.37. The average molecular weight is 314 g/mol. The van der Waals surface area contributed by atoms with E-state index in [1.165, 1.54) is 0 Å². The first-order valence-corrected chi connectivity index (χ1v) is 10.1. The molecule has 0 rings (SSSR count). The Hall–Kier alpha value is -0.180. The van der Waals surface area contributed by atoms with Gasteiger partial charge in [0.25, 0.3) is 0 Å². The topological polar surface area (TPSA) is 74.8 Å². The summed E-state index contributed by atoms with van der Waals surface area (Å²) >= 11 is 0. The maximum absolute atomic E-state index is 12.0. The van der Waals surface area contributed by atoms with Crippen LogP contribution < -0.4 is 0 Å². The molecule has 0 aromatic rings. The Labute approximate surface area is 117 Å². The molecule has 0 N–H and O–H groups in total. The molecule has 19 heavy (non-hydrogen) atoms. The molecule has 0 aromatic carbocycles. The predicted octanol–water partition coefficient (Wildman–Crippen LogP) is 1.27. The standard InChI is InChI=1S/C11H26N2O4S2/c1-7-11(8-2)13(19(6,16)17)12(9-10(3)4)18(5,14)15/h10-11H,7-9H2,1-6H3. The molecule has 0 aromatic heterocycles. The summed E-state index contributed by atoms with van der Waals surface area (Å²) in [6.45, 7) is 7.56. The monoisotopic (exact) mass is 314 g/mol. The van der Waals surface area contributed by atoms with E-state index in [9.17, 15) is 16.8 Å². The lowest BCUT2D eigenvalue weighted by molar-refractivity contribution is 0.0969. The molecule has 116 valence electrons.